The van der Waals surface area contributed by atoms with Crippen molar-refractivity contribution in [3.05, 3.63) is 41.6 Å². The smallest absolute Gasteiger partial charge is 0.229 e. The monoisotopic (exact) mass is 244 g/mol. The van der Waals surface area contributed by atoms with E-state index in [1.165, 1.54) is 0 Å². The molecule has 5 heteroatoms. The van der Waals surface area contributed by atoms with E-state index in [2.05, 4.69) is 15.3 Å². The zero-order valence-corrected chi connectivity index (χ0v) is 10.4. The number of hydrogen-bond acceptors (Lipinski definition) is 5. The quantitative estimate of drug-likeness (QED) is 0.770. The van der Waals surface area contributed by atoms with Crippen molar-refractivity contribution in [2.75, 3.05) is 11.1 Å². The Hall–Kier alpha value is -2.14. The maximum absolute atomic E-state index is 9.52. The summed E-state index contributed by atoms with van der Waals surface area (Å²) in [5.41, 5.74) is 8.11. The molecule has 0 fully saturated rings. The summed E-state index contributed by atoms with van der Waals surface area (Å²) in [6, 6.07) is 9.17. The molecular weight excluding hydrogens is 228 g/mol. The fraction of sp³-hybridized carbons (Fsp3) is 0.231. The summed E-state index contributed by atoms with van der Waals surface area (Å²) in [7, 11) is 0. The number of anilines is 3. The van der Waals surface area contributed by atoms with E-state index in [1.807, 2.05) is 31.2 Å². The number of rotatable bonds is 3. The van der Waals surface area contributed by atoms with Crippen molar-refractivity contribution in [2.24, 2.45) is 0 Å². The standard InChI is InChI=1S/C13H16N4O/c1-8-6-12(14)17-13(15-8)16-11-5-3-4-10(7-11)9(2)18/h3-7,9,18H,1-2H3,(H3,14,15,16,17)/t9-/m1/s1. The first-order chi connectivity index (χ1) is 8.54. The highest BCUT2D eigenvalue weighted by molar-refractivity contribution is 5.55. The van der Waals surface area contributed by atoms with Crippen LogP contribution in [0, 0.1) is 6.92 Å². The van der Waals surface area contributed by atoms with Gasteiger partial charge in [-0.05, 0) is 31.5 Å². The number of aromatic nitrogens is 2. The molecule has 0 aliphatic rings. The summed E-state index contributed by atoms with van der Waals surface area (Å²) in [6.07, 6.45) is -0.504. The molecule has 0 saturated heterocycles. The topological polar surface area (TPSA) is 84.1 Å². The van der Waals surface area contributed by atoms with Crippen LogP contribution in [0.25, 0.3) is 0 Å². The van der Waals surface area contributed by atoms with E-state index in [-0.39, 0.29) is 0 Å². The highest BCUT2D eigenvalue weighted by Gasteiger charge is 2.04. The number of nitrogen functional groups attached to an aromatic ring is 1. The van der Waals surface area contributed by atoms with E-state index in [0.29, 0.717) is 11.8 Å². The molecule has 0 aliphatic heterocycles. The summed E-state index contributed by atoms with van der Waals surface area (Å²) in [5, 5.41) is 12.6. The number of nitrogens with one attached hydrogen (secondary N) is 1. The van der Waals surface area contributed by atoms with Gasteiger partial charge in [0, 0.05) is 17.4 Å². The van der Waals surface area contributed by atoms with E-state index in [4.69, 9.17) is 5.73 Å². The molecule has 1 heterocycles. The second-order valence-corrected chi connectivity index (χ2v) is 4.18. The number of aryl methyl sites for hydroxylation is 1. The molecule has 94 valence electrons. The molecule has 2 rings (SSSR count). The van der Waals surface area contributed by atoms with Crippen LogP contribution in [0.5, 0.6) is 0 Å². The Kier molecular flexibility index (Phi) is 3.43. The van der Waals surface area contributed by atoms with Crippen molar-refractivity contribution < 1.29 is 5.11 Å². The molecule has 18 heavy (non-hydrogen) atoms. The summed E-state index contributed by atoms with van der Waals surface area (Å²) < 4.78 is 0. The maximum Gasteiger partial charge on any atom is 0.229 e. The van der Waals surface area contributed by atoms with Gasteiger partial charge in [0.15, 0.2) is 0 Å². The van der Waals surface area contributed by atoms with Crippen molar-refractivity contribution in [2.45, 2.75) is 20.0 Å². The van der Waals surface area contributed by atoms with Crippen LogP contribution in [-0.2, 0) is 0 Å². The van der Waals surface area contributed by atoms with E-state index in [1.54, 1.807) is 13.0 Å². The molecule has 0 saturated carbocycles. The lowest BCUT2D eigenvalue weighted by Crippen LogP contribution is -2.02. The summed E-state index contributed by atoms with van der Waals surface area (Å²) >= 11 is 0. The normalized spacial score (nSPS) is 12.2. The largest absolute Gasteiger partial charge is 0.389 e. The third-order valence-corrected chi connectivity index (χ3v) is 2.50. The number of aliphatic hydroxyl groups is 1. The zero-order valence-electron chi connectivity index (χ0n) is 10.4. The molecule has 2 aromatic rings. The van der Waals surface area contributed by atoms with Crippen molar-refractivity contribution in [1.29, 1.82) is 0 Å². The highest BCUT2D eigenvalue weighted by Crippen LogP contribution is 2.19. The fourth-order valence-electron chi connectivity index (χ4n) is 1.65. The van der Waals surface area contributed by atoms with Crippen molar-refractivity contribution in [3.63, 3.8) is 0 Å². The first kappa shape index (κ1) is 12.3. The van der Waals surface area contributed by atoms with Gasteiger partial charge >= 0.3 is 0 Å². The molecule has 0 unspecified atom stereocenters. The predicted molar refractivity (Wildman–Crippen MR) is 71.5 cm³/mol. The van der Waals surface area contributed by atoms with Gasteiger partial charge in [0.1, 0.15) is 5.82 Å². The van der Waals surface area contributed by atoms with Crippen LogP contribution in [0.4, 0.5) is 17.5 Å². The van der Waals surface area contributed by atoms with E-state index in [0.717, 1.165) is 16.9 Å². The van der Waals surface area contributed by atoms with Crippen LogP contribution < -0.4 is 11.1 Å². The van der Waals surface area contributed by atoms with Crippen LogP contribution in [0.15, 0.2) is 30.3 Å². The first-order valence-corrected chi connectivity index (χ1v) is 5.71. The van der Waals surface area contributed by atoms with Gasteiger partial charge < -0.3 is 16.2 Å². The molecule has 1 atom stereocenters. The molecule has 0 bridgehead atoms. The Morgan fingerprint density at radius 1 is 1.28 bits per heavy atom. The van der Waals surface area contributed by atoms with Crippen LogP contribution in [0.2, 0.25) is 0 Å². The predicted octanol–water partition coefficient (Wildman–Crippen LogP) is 2.16. The average Bonchev–Trinajstić information content (AvgIpc) is 2.27. The van der Waals surface area contributed by atoms with Crippen LogP contribution >= 0.6 is 0 Å². The van der Waals surface area contributed by atoms with Gasteiger partial charge in [-0.1, -0.05) is 12.1 Å². The molecule has 5 nitrogen and oxygen atoms in total. The lowest BCUT2D eigenvalue weighted by atomic mass is 10.1. The first-order valence-electron chi connectivity index (χ1n) is 5.71. The second-order valence-electron chi connectivity index (χ2n) is 4.18. The van der Waals surface area contributed by atoms with E-state index >= 15 is 0 Å². The minimum absolute atomic E-state index is 0.427. The maximum atomic E-state index is 9.52. The Morgan fingerprint density at radius 2 is 2.06 bits per heavy atom. The van der Waals surface area contributed by atoms with Crippen molar-refractivity contribution in [1.82, 2.24) is 9.97 Å². The van der Waals surface area contributed by atoms with E-state index in [9.17, 15) is 5.11 Å². The van der Waals surface area contributed by atoms with Crippen molar-refractivity contribution in [3.8, 4) is 0 Å². The average molecular weight is 244 g/mol. The molecule has 1 aromatic heterocycles. The van der Waals surface area contributed by atoms with Crippen LogP contribution in [-0.4, -0.2) is 15.1 Å². The Bertz CT molecular complexity index is 534. The molecule has 0 amide bonds. The zero-order chi connectivity index (χ0) is 13.1. The van der Waals surface area contributed by atoms with Crippen molar-refractivity contribution >= 4 is 17.5 Å². The molecule has 4 N–H and O–H groups in total. The minimum atomic E-state index is -0.504. The number of benzene rings is 1. The fourth-order valence-corrected chi connectivity index (χ4v) is 1.65. The number of nitrogens with zero attached hydrogens (tertiary/aromatic N) is 2. The lowest BCUT2D eigenvalue weighted by molar-refractivity contribution is 0.199. The lowest BCUT2D eigenvalue weighted by Gasteiger charge is -2.09. The Labute approximate surface area is 106 Å². The summed E-state index contributed by atoms with van der Waals surface area (Å²) in [6.45, 7) is 3.58. The van der Waals surface area contributed by atoms with Gasteiger partial charge in [-0.25, -0.2) is 4.98 Å². The van der Waals surface area contributed by atoms with Gasteiger partial charge in [-0.3, -0.25) is 0 Å². The van der Waals surface area contributed by atoms with Gasteiger partial charge in [0.25, 0.3) is 0 Å². The molecule has 0 spiro atoms. The van der Waals surface area contributed by atoms with Crippen LogP contribution in [0.3, 0.4) is 0 Å². The minimum Gasteiger partial charge on any atom is -0.389 e. The van der Waals surface area contributed by atoms with Gasteiger partial charge in [0.2, 0.25) is 5.95 Å². The number of nitrogens with two attached hydrogens (primary N) is 1. The third-order valence-electron chi connectivity index (χ3n) is 2.50. The van der Waals surface area contributed by atoms with Gasteiger partial charge in [0.05, 0.1) is 6.10 Å². The number of aliphatic hydroxyl groups excluding tert-OH is 1. The SMILES string of the molecule is Cc1cc(N)nc(Nc2cccc([C@@H](C)O)c2)n1. The Balaban J connectivity index is 2.25. The molecule has 0 aliphatic carbocycles. The molecular formula is C13H16N4O. The summed E-state index contributed by atoms with van der Waals surface area (Å²) in [5.74, 6) is 0.881. The molecule has 1 aromatic carbocycles. The van der Waals surface area contributed by atoms with E-state index < -0.39 is 6.10 Å². The third kappa shape index (κ3) is 2.95. The van der Waals surface area contributed by atoms with Crippen LogP contribution in [0.1, 0.15) is 24.3 Å². The summed E-state index contributed by atoms with van der Waals surface area (Å²) in [4.78, 5) is 8.34. The molecule has 0 radical (unpaired) electrons. The Morgan fingerprint density at radius 3 is 2.72 bits per heavy atom. The second kappa shape index (κ2) is 5.01. The van der Waals surface area contributed by atoms with Gasteiger partial charge in [-0.15, -0.1) is 0 Å². The number of hydrogen-bond donors (Lipinski definition) is 3. The highest BCUT2D eigenvalue weighted by atomic mass is 16.3. The van der Waals surface area contributed by atoms with Gasteiger partial charge in [-0.2, -0.15) is 4.98 Å².